The van der Waals surface area contributed by atoms with Gasteiger partial charge in [-0.3, -0.25) is 4.79 Å². The molecular formula is C29H28N2O4S. The molecule has 0 bridgehead atoms. The maximum atomic E-state index is 13.1. The van der Waals surface area contributed by atoms with Crippen LogP contribution in [0.1, 0.15) is 67.0 Å². The quantitative estimate of drug-likeness (QED) is 0.250. The van der Waals surface area contributed by atoms with E-state index in [9.17, 15) is 9.59 Å². The Bertz CT molecular complexity index is 1560. The van der Waals surface area contributed by atoms with Crippen molar-refractivity contribution >= 4 is 52.2 Å². The average molecular weight is 501 g/mol. The molecule has 0 fully saturated rings. The zero-order valence-electron chi connectivity index (χ0n) is 20.8. The van der Waals surface area contributed by atoms with E-state index in [-0.39, 0.29) is 22.2 Å². The highest BCUT2D eigenvalue weighted by Gasteiger charge is 2.41. The van der Waals surface area contributed by atoms with Crippen LogP contribution in [-0.2, 0) is 15.6 Å². The molecule has 5 rings (SSSR count). The molecular weight excluding hydrogens is 472 g/mol. The lowest BCUT2D eigenvalue weighted by Crippen LogP contribution is -2.44. The Morgan fingerprint density at radius 2 is 1.81 bits per heavy atom. The summed E-state index contributed by atoms with van der Waals surface area (Å²) >= 11 is 1.35. The van der Waals surface area contributed by atoms with E-state index in [1.807, 2.05) is 18.2 Å². The van der Waals surface area contributed by atoms with Gasteiger partial charge in [0.15, 0.2) is 0 Å². The molecule has 0 atom stereocenters. The fourth-order valence-corrected chi connectivity index (χ4v) is 6.12. The number of nitrogens with zero attached hydrogens (tertiary/aromatic N) is 2. The molecule has 7 heteroatoms. The third kappa shape index (κ3) is 4.06. The molecule has 0 aliphatic carbocycles. The maximum Gasteiger partial charge on any atom is 0.343 e. The van der Waals surface area contributed by atoms with Crippen LogP contribution in [0.4, 0.5) is 5.69 Å². The van der Waals surface area contributed by atoms with Crippen LogP contribution in [0.25, 0.3) is 34.0 Å². The van der Waals surface area contributed by atoms with Gasteiger partial charge >= 0.3 is 11.6 Å². The topological polar surface area (TPSA) is 75.1 Å². The van der Waals surface area contributed by atoms with Crippen molar-refractivity contribution < 1.29 is 14.3 Å². The van der Waals surface area contributed by atoms with Crippen LogP contribution in [0.3, 0.4) is 0 Å². The SMILES string of the molecule is [C-]#[N+]/C(=C\c1ccc(/C=C/c2cc3cc4c5c(c3oc2=O)C(C)(C)CCN5CCC4(C)C)s1)C(=O)O. The summed E-state index contributed by atoms with van der Waals surface area (Å²) in [5.74, 6) is -1.25. The number of anilines is 1. The highest BCUT2D eigenvalue weighted by atomic mass is 32.1. The Kier molecular flexibility index (Phi) is 5.68. The predicted octanol–water partition coefficient (Wildman–Crippen LogP) is 6.54. The zero-order chi connectivity index (χ0) is 25.8. The third-order valence-electron chi connectivity index (χ3n) is 7.45. The lowest BCUT2D eigenvalue weighted by atomic mass is 9.69. The Morgan fingerprint density at radius 1 is 1.11 bits per heavy atom. The molecule has 3 aromatic rings. The Balaban J connectivity index is 1.59. The summed E-state index contributed by atoms with van der Waals surface area (Å²) in [7, 11) is 0. The molecule has 2 aromatic heterocycles. The van der Waals surface area contributed by atoms with Crippen molar-refractivity contribution in [3.8, 4) is 0 Å². The van der Waals surface area contributed by atoms with E-state index in [0.717, 1.165) is 41.8 Å². The van der Waals surface area contributed by atoms with Gasteiger partial charge in [0.25, 0.3) is 5.70 Å². The molecule has 2 aliphatic rings. The summed E-state index contributed by atoms with van der Waals surface area (Å²) in [6, 6.07) is 7.71. The second-order valence-corrected chi connectivity index (χ2v) is 12.0. The molecule has 1 aromatic carbocycles. The van der Waals surface area contributed by atoms with Crippen molar-refractivity contribution in [1.29, 1.82) is 0 Å². The van der Waals surface area contributed by atoms with Crippen molar-refractivity contribution in [3.05, 3.63) is 78.2 Å². The number of rotatable bonds is 4. The van der Waals surface area contributed by atoms with Gasteiger partial charge in [0.05, 0.1) is 12.1 Å². The molecule has 2 aliphatic heterocycles. The number of hydrogen-bond acceptors (Lipinski definition) is 5. The molecule has 6 nitrogen and oxygen atoms in total. The number of aliphatic carboxylic acids is 1. The van der Waals surface area contributed by atoms with Crippen LogP contribution in [-0.4, -0.2) is 24.2 Å². The van der Waals surface area contributed by atoms with Gasteiger partial charge in [-0.25, -0.2) is 9.64 Å². The van der Waals surface area contributed by atoms with Crippen LogP contribution < -0.4 is 10.5 Å². The lowest BCUT2D eigenvalue weighted by Gasteiger charge is -2.48. The van der Waals surface area contributed by atoms with E-state index in [1.165, 1.54) is 28.7 Å². The average Bonchev–Trinajstić information content (AvgIpc) is 3.26. The van der Waals surface area contributed by atoms with Gasteiger partial charge in [-0.05, 0) is 71.7 Å². The van der Waals surface area contributed by atoms with Crippen LogP contribution in [0.5, 0.6) is 0 Å². The van der Waals surface area contributed by atoms with E-state index in [0.29, 0.717) is 16.0 Å². The molecule has 0 spiro atoms. The van der Waals surface area contributed by atoms with E-state index < -0.39 is 5.97 Å². The number of benzene rings is 1. The fraction of sp³-hybridized carbons (Fsp3) is 0.345. The monoisotopic (exact) mass is 500 g/mol. The van der Waals surface area contributed by atoms with Gasteiger partial charge in [-0.1, -0.05) is 27.7 Å². The van der Waals surface area contributed by atoms with Crippen molar-refractivity contribution in [2.24, 2.45) is 0 Å². The highest BCUT2D eigenvalue weighted by Crippen LogP contribution is 2.51. The second-order valence-electron chi connectivity index (χ2n) is 10.8. The van der Waals surface area contributed by atoms with E-state index in [4.69, 9.17) is 16.1 Å². The molecule has 0 radical (unpaired) electrons. The number of thiophene rings is 1. The second kappa shape index (κ2) is 8.49. The summed E-state index contributed by atoms with van der Waals surface area (Å²) in [5.41, 5.74) is 4.09. The normalized spacial score (nSPS) is 18.3. The van der Waals surface area contributed by atoms with Crippen LogP contribution in [0.15, 0.2) is 39.2 Å². The Morgan fingerprint density at radius 3 is 2.50 bits per heavy atom. The minimum atomic E-state index is -1.25. The van der Waals surface area contributed by atoms with Crippen LogP contribution in [0, 0.1) is 6.57 Å². The summed E-state index contributed by atoms with van der Waals surface area (Å²) in [6.07, 6.45) is 7.00. The summed E-state index contributed by atoms with van der Waals surface area (Å²) in [5, 5.41) is 10.0. The van der Waals surface area contributed by atoms with Gasteiger partial charge in [-0.15, -0.1) is 11.3 Å². The first kappa shape index (κ1) is 24.1. The fourth-order valence-electron chi connectivity index (χ4n) is 5.27. The van der Waals surface area contributed by atoms with Crippen molar-refractivity contribution in [1.82, 2.24) is 0 Å². The number of hydrogen-bond donors (Lipinski definition) is 1. The van der Waals surface area contributed by atoms with Crippen molar-refractivity contribution in [2.45, 2.75) is 51.4 Å². The zero-order valence-corrected chi connectivity index (χ0v) is 21.7. The van der Waals surface area contributed by atoms with E-state index in [1.54, 1.807) is 12.1 Å². The molecule has 0 saturated carbocycles. The standard InChI is InChI=1S/C29H28N2O4S/c1-28(2)10-12-31-13-11-29(3,4)23-24(31)21(28)15-18-14-17(27(34)35-25(18)23)6-7-19-8-9-20(36-19)16-22(30-5)26(32)33/h6-9,14-16H,10-13H2,1-4H3,(H,32,33)/b7-6+,22-16-. The van der Waals surface area contributed by atoms with E-state index in [2.05, 4.69) is 43.5 Å². The summed E-state index contributed by atoms with van der Waals surface area (Å²) < 4.78 is 6.02. The Labute approximate surface area is 214 Å². The van der Waals surface area contributed by atoms with Gasteiger partial charge < -0.3 is 14.4 Å². The van der Waals surface area contributed by atoms with Gasteiger partial charge in [0, 0.05) is 39.5 Å². The molecule has 36 heavy (non-hydrogen) atoms. The lowest BCUT2D eigenvalue weighted by molar-refractivity contribution is -0.132. The smallest absolute Gasteiger partial charge is 0.343 e. The summed E-state index contributed by atoms with van der Waals surface area (Å²) in [4.78, 5) is 31.2. The minimum absolute atomic E-state index is 0.0371. The van der Waals surface area contributed by atoms with Gasteiger partial charge in [0.1, 0.15) is 5.58 Å². The van der Waals surface area contributed by atoms with Crippen LogP contribution in [0.2, 0.25) is 0 Å². The maximum absolute atomic E-state index is 13.1. The number of fused-ring (bicyclic) bond motifs is 2. The van der Waals surface area contributed by atoms with Crippen molar-refractivity contribution in [2.75, 3.05) is 18.0 Å². The Hall–Kier alpha value is -3.63. The highest BCUT2D eigenvalue weighted by molar-refractivity contribution is 7.13. The first-order valence-electron chi connectivity index (χ1n) is 12.0. The molecule has 184 valence electrons. The first-order valence-corrected chi connectivity index (χ1v) is 12.8. The third-order valence-corrected chi connectivity index (χ3v) is 8.45. The predicted molar refractivity (Wildman–Crippen MR) is 145 cm³/mol. The van der Waals surface area contributed by atoms with E-state index >= 15 is 0 Å². The summed E-state index contributed by atoms with van der Waals surface area (Å²) in [6.45, 7) is 18.1. The van der Waals surface area contributed by atoms with Crippen LogP contribution >= 0.6 is 11.3 Å². The minimum Gasteiger partial charge on any atom is -0.486 e. The number of carboxylic acids is 1. The molecule has 4 heterocycles. The molecule has 1 N–H and O–H groups in total. The number of carbonyl (C=O) groups is 1. The first-order chi connectivity index (χ1) is 17.0. The van der Waals surface area contributed by atoms with Gasteiger partial charge in [-0.2, -0.15) is 0 Å². The van der Waals surface area contributed by atoms with Crippen molar-refractivity contribution in [3.63, 3.8) is 0 Å². The molecule has 0 saturated heterocycles. The molecule has 0 unspecified atom stereocenters. The molecule has 0 amide bonds. The largest absolute Gasteiger partial charge is 0.486 e. The number of carboxylic acid groups (broad SMARTS) is 1. The van der Waals surface area contributed by atoms with Gasteiger partial charge in [0.2, 0.25) is 0 Å².